The molecule has 0 aliphatic carbocycles. The lowest BCUT2D eigenvalue weighted by Crippen LogP contribution is -2.50. The molecule has 0 N–H and O–H groups in total. The van der Waals surface area contributed by atoms with Crippen molar-refractivity contribution in [2.45, 2.75) is 45.6 Å². The minimum atomic E-state index is 0.151. The predicted octanol–water partition coefficient (Wildman–Crippen LogP) is 3.77. The van der Waals surface area contributed by atoms with Crippen molar-refractivity contribution in [3.05, 3.63) is 29.8 Å². The fourth-order valence-electron chi connectivity index (χ4n) is 2.82. The minimum absolute atomic E-state index is 0.151. The lowest BCUT2D eigenvalue weighted by molar-refractivity contribution is 0.325. The molecule has 0 bridgehead atoms. The largest absolute Gasteiger partial charge is 0.365 e. The van der Waals surface area contributed by atoms with Gasteiger partial charge < -0.3 is 4.90 Å². The Morgan fingerprint density at radius 1 is 1.39 bits per heavy atom. The molecule has 0 radical (unpaired) electrons. The summed E-state index contributed by atoms with van der Waals surface area (Å²) < 4.78 is 0. The number of hydrogen-bond acceptors (Lipinski definition) is 2. The molecular formula is C16H22N2. The maximum atomic E-state index is 9.18. The number of hydrogen-bond donors (Lipinski definition) is 0. The summed E-state index contributed by atoms with van der Waals surface area (Å²) in [4.78, 5) is 2.43. The summed E-state index contributed by atoms with van der Waals surface area (Å²) in [7, 11) is 0. The van der Waals surface area contributed by atoms with E-state index in [2.05, 4.69) is 56.0 Å². The van der Waals surface area contributed by atoms with E-state index in [1.165, 1.54) is 11.3 Å². The third-order valence-electron chi connectivity index (χ3n) is 4.08. The molecule has 0 amide bonds. The first kappa shape index (κ1) is 13.0. The van der Waals surface area contributed by atoms with Gasteiger partial charge in [0.25, 0.3) is 0 Å². The number of aryl methyl sites for hydroxylation is 1. The quantitative estimate of drug-likeness (QED) is 0.789. The van der Waals surface area contributed by atoms with E-state index in [9.17, 15) is 5.26 Å². The van der Waals surface area contributed by atoms with Crippen LogP contribution in [0.4, 0.5) is 5.69 Å². The molecule has 1 atom stereocenters. The van der Waals surface area contributed by atoms with E-state index < -0.39 is 0 Å². The number of para-hydroxylation sites is 1. The molecule has 1 aromatic carbocycles. The molecule has 0 spiro atoms. The highest BCUT2D eigenvalue weighted by Crippen LogP contribution is 2.36. The first-order valence-corrected chi connectivity index (χ1v) is 6.83. The summed E-state index contributed by atoms with van der Waals surface area (Å²) in [6.45, 7) is 7.62. The van der Waals surface area contributed by atoms with Crippen molar-refractivity contribution in [3.8, 4) is 6.07 Å². The van der Waals surface area contributed by atoms with Crippen molar-refractivity contribution in [2.24, 2.45) is 5.92 Å². The number of nitriles is 1. The molecule has 2 rings (SSSR count). The topological polar surface area (TPSA) is 27.0 Å². The van der Waals surface area contributed by atoms with Gasteiger partial charge >= 0.3 is 0 Å². The van der Waals surface area contributed by atoms with E-state index in [-0.39, 0.29) is 11.5 Å². The molecule has 1 heterocycles. The summed E-state index contributed by atoms with van der Waals surface area (Å²) in [5, 5.41) is 9.18. The van der Waals surface area contributed by atoms with Gasteiger partial charge in [-0.1, -0.05) is 25.1 Å². The average Bonchev–Trinajstić information content (AvgIpc) is 2.38. The number of piperidine rings is 1. The molecule has 1 unspecified atom stereocenters. The zero-order chi connectivity index (χ0) is 13.2. The summed E-state index contributed by atoms with van der Waals surface area (Å²) >= 11 is 0. The molecule has 96 valence electrons. The van der Waals surface area contributed by atoms with Crippen LogP contribution in [0.3, 0.4) is 0 Å². The van der Waals surface area contributed by atoms with E-state index in [0.717, 1.165) is 25.8 Å². The van der Waals surface area contributed by atoms with Crippen LogP contribution in [0.25, 0.3) is 0 Å². The second kappa shape index (κ2) is 5.02. The van der Waals surface area contributed by atoms with Crippen LogP contribution in [-0.4, -0.2) is 12.1 Å². The van der Waals surface area contributed by atoms with Crippen LogP contribution in [0.2, 0.25) is 0 Å². The van der Waals surface area contributed by atoms with Gasteiger partial charge in [-0.15, -0.1) is 0 Å². The average molecular weight is 242 g/mol. The molecule has 18 heavy (non-hydrogen) atoms. The van der Waals surface area contributed by atoms with Crippen LogP contribution >= 0.6 is 0 Å². The second-order valence-corrected chi connectivity index (χ2v) is 5.77. The Morgan fingerprint density at radius 3 is 2.78 bits per heavy atom. The number of anilines is 1. The highest BCUT2D eigenvalue weighted by Gasteiger charge is 2.34. The molecule has 2 nitrogen and oxygen atoms in total. The van der Waals surface area contributed by atoms with Gasteiger partial charge in [-0.3, -0.25) is 0 Å². The standard InChI is InChI=1S/C16H22N2/c1-4-14-7-5-6-8-15(14)18-12-13(11-17)9-10-16(18,2)3/h5-8,13H,4,9-10,12H2,1-3H3. The Morgan fingerprint density at radius 2 is 2.11 bits per heavy atom. The van der Waals surface area contributed by atoms with Crippen molar-refractivity contribution in [1.29, 1.82) is 5.26 Å². The number of rotatable bonds is 2. The minimum Gasteiger partial charge on any atom is -0.365 e. The zero-order valence-corrected chi connectivity index (χ0v) is 11.6. The van der Waals surface area contributed by atoms with E-state index in [4.69, 9.17) is 0 Å². The third kappa shape index (κ3) is 2.36. The van der Waals surface area contributed by atoms with Crippen molar-refractivity contribution in [3.63, 3.8) is 0 Å². The smallest absolute Gasteiger partial charge is 0.0674 e. The zero-order valence-electron chi connectivity index (χ0n) is 11.6. The van der Waals surface area contributed by atoms with E-state index in [1.807, 2.05) is 0 Å². The molecule has 2 heteroatoms. The molecule has 1 aromatic rings. The molecule has 1 fully saturated rings. The molecular weight excluding hydrogens is 220 g/mol. The van der Waals surface area contributed by atoms with Crippen LogP contribution in [-0.2, 0) is 6.42 Å². The van der Waals surface area contributed by atoms with Crippen molar-refractivity contribution in [2.75, 3.05) is 11.4 Å². The fourth-order valence-corrected chi connectivity index (χ4v) is 2.82. The Hall–Kier alpha value is -1.49. The summed E-state index contributed by atoms with van der Waals surface area (Å²) in [5.41, 5.74) is 2.84. The van der Waals surface area contributed by atoms with Gasteiger partial charge in [0, 0.05) is 17.8 Å². The van der Waals surface area contributed by atoms with Gasteiger partial charge in [-0.2, -0.15) is 5.26 Å². The van der Waals surface area contributed by atoms with Gasteiger partial charge in [0.15, 0.2) is 0 Å². The van der Waals surface area contributed by atoms with E-state index in [0.29, 0.717) is 0 Å². The van der Waals surface area contributed by atoms with Gasteiger partial charge in [-0.05, 0) is 44.7 Å². The molecule has 1 aliphatic rings. The lowest BCUT2D eigenvalue weighted by Gasteiger charge is -2.46. The van der Waals surface area contributed by atoms with E-state index >= 15 is 0 Å². The van der Waals surface area contributed by atoms with Crippen LogP contribution in [0, 0.1) is 17.2 Å². The number of nitrogens with zero attached hydrogens (tertiary/aromatic N) is 2. The van der Waals surface area contributed by atoms with Gasteiger partial charge in [-0.25, -0.2) is 0 Å². The number of benzene rings is 1. The highest BCUT2D eigenvalue weighted by atomic mass is 15.2. The Balaban J connectivity index is 2.37. The van der Waals surface area contributed by atoms with Crippen LogP contribution in [0.5, 0.6) is 0 Å². The SMILES string of the molecule is CCc1ccccc1N1CC(C#N)CCC1(C)C. The van der Waals surface area contributed by atoms with Gasteiger partial charge in [0.2, 0.25) is 0 Å². The van der Waals surface area contributed by atoms with Crippen LogP contribution < -0.4 is 4.90 Å². The summed E-state index contributed by atoms with van der Waals surface area (Å²) in [5.74, 6) is 0.169. The van der Waals surface area contributed by atoms with Crippen molar-refractivity contribution >= 4 is 5.69 Å². The molecule has 1 aliphatic heterocycles. The predicted molar refractivity (Wildman–Crippen MR) is 75.6 cm³/mol. The normalized spacial score (nSPS) is 22.6. The highest BCUT2D eigenvalue weighted by molar-refractivity contribution is 5.56. The van der Waals surface area contributed by atoms with Gasteiger partial charge in [0.05, 0.1) is 12.0 Å². The summed E-state index contributed by atoms with van der Waals surface area (Å²) in [6.07, 6.45) is 3.15. The first-order chi connectivity index (χ1) is 8.58. The molecule has 0 saturated carbocycles. The third-order valence-corrected chi connectivity index (χ3v) is 4.08. The Bertz CT molecular complexity index is 456. The summed E-state index contributed by atoms with van der Waals surface area (Å²) in [6, 6.07) is 11.0. The molecule has 0 aromatic heterocycles. The Kier molecular flexibility index (Phi) is 3.61. The monoisotopic (exact) mass is 242 g/mol. The Labute approximate surface area is 110 Å². The van der Waals surface area contributed by atoms with Crippen LogP contribution in [0.1, 0.15) is 39.2 Å². The van der Waals surface area contributed by atoms with Crippen molar-refractivity contribution < 1.29 is 0 Å². The maximum absolute atomic E-state index is 9.18. The van der Waals surface area contributed by atoms with Crippen LogP contribution in [0.15, 0.2) is 24.3 Å². The second-order valence-electron chi connectivity index (χ2n) is 5.77. The fraction of sp³-hybridized carbons (Fsp3) is 0.562. The molecule has 1 saturated heterocycles. The lowest BCUT2D eigenvalue weighted by atomic mass is 9.84. The maximum Gasteiger partial charge on any atom is 0.0674 e. The van der Waals surface area contributed by atoms with Crippen molar-refractivity contribution in [1.82, 2.24) is 0 Å². The van der Waals surface area contributed by atoms with Gasteiger partial charge in [0.1, 0.15) is 0 Å². The van der Waals surface area contributed by atoms with E-state index in [1.54, 1.807) is 0 Å². The first-order valence-electron chi connectivity index (χ1n) is 6.83.